The average molecular weight is 585 g/mol. The molecule has 0 atom stereocenters. The number of fused-ring (bicyclic) bond motifs is 1. The molecule has 1 amide bonds. The third-order valence-electron chi connectivity index (χ3n) is 7.74. The van der Waals surface area contributed by atoms with Crippen molar-refractivity contribution in [2.24, 2.45) is 0 Å². The number of hydrogen-bond donors (Lipinski definition) is 2. The van der Waals surface area contributed by atoms with Gasteiger partial charge in [0.25, 0.3) is 5.56 Å². The van der Waals surface area contributed by atoms with Crippen LogP contribution in [0.5, 0.6) is 5.75 Å². The van der Waals surface area contributed by atoms with E-state index < -0.39 is 11.2 Å². The minimum absolute atomic E-state index is 0.128. The highest BCUT2D eigenvalue weighted by Gasteiger charge is 2.22. The normalized spacial score (nSPS) is 13.7. The molecule has 0 bridgehead atoms. The second kappa shape index (κ2) is 12.5. The smallest absolute Gasteiger partial charge is 0.337 e. The van der Waals surface area contributed by atoms with Crippen LogP contribution in [0.3, 0.4) is 0 Å². The van der Waals surface area contributed by atoms with Crippen molar-refractivity contribution < 1.29 is 9.53 Å². The number of aromatic nitrogens is 4. The summed E-state index contributed by atoms with van der Waals surface area (Å²) in [7, 11) is 5.85. The predicted molar refractivity (Wildman–Crippen MR) is 169 cm³/mol. The van der Waals surface area contributed by atoms with Crippen molar-refractivity contribution >= 4 is 40.0 Å². The zero-order valence-electron chi connectivity index (χ0n) is 24.8. The van der Waals surface area contributed by atoms with Crippen LogP contribution in [0.2, 0.25) is 0 Å². The van der Waals surface area contributed by atoms with Gasteiger partial charge in [0.05, 0.1) is 18.5 Å². The average Bonchev–Trinajstić information content (AvgIpc) is 3.01. The Kier molecular flexibility index (Phi) is 8.58. The zero-order valence-corrected chi connectivity index (χ0v) is 24.8. The van der Waals surface area contributed by atoms with Crippen molar-refractivity contribution in [1.82, 2.24) is 24.0 Å². The summed E-state index contributed by atoms with van der Waals surface area (Å²) in [6.45, 7) is 7.27. The van der Waals surface area contributed by atoms with E-state index in [1.807, 2.05) is 18.2 Å². The molecule has 0 saturated carbocycles. The molecule has 0 spiro atoms. The van der Waals surface area contributed by atoms with Crippen molar-refractivity contribution in [3.63, 3.8) is 0 Å². The van der Waals surface area contributed by atoms with E-state index in [1.54, 1.807) is 38.3 Å². The fraction of sp³-hybridized carbons (Fsp3) is 0.323. The van der Waals surface area contributed by atoms with Gasteiger partial charge < -0.3 is 25.2 Å². The van der Waals surface area contributed by atoms with Gasteiger partial charge in [-0.2, -0.15) is 4.98 Å². The first-order valence-electron chi connectivity index (χ1n) is 14.2. The lowest BCUT2D eigenvalue weighted by atomic mass is 10.0. The topological polar surface area (TPSA) is 127 Å². The van der Waals surface area contributed by atoms with Gasteiger partial charge in [0, 0.05) is 49.3 Å². The number of carbonyl (C=O) groups is 1. The van der Waals surface area contributed by atoms with Crippen molar-refractivity contribution in [3.8, 4) is 11.4 Å². The number of amides is 1. The minimum Gasteiger partial charge on any atom is -0.494 e. The Balaban J connectivity index is 1.52. The van der Waals surface area contributed by atoms with E-state index in [9.17, 15) is 14.4 Å². The monoisotopic (exact) mass is 584 g/mol. The van der Waals surface area contributed by atoms with Crippen LogP contribution >= 0.6 is 0 Å². The molecule has 2 N–H and O–H groups in total. The van der Waals surface area contributed by atoms with Gasteiger partial charge in [-0.15, -0.1) is 0 Å². The number of piperidine rings is 1. The van der Waals surface area contributed by atoms with E-state index in [-0.39, 0.29) is 29.4 Å². The summed E-state index contributed by atoms with van der Waals surface area (Å²) in [6, 6.07) is 13.2. The van der Waals surface area contributed by atoms with Crippen LogP contribution in [-0.2, 0) is 11.3 Å². The fourth-order valence-electron chi connectivity index (χ4n) is 5.37. The molecule has 43 heavy (non-hydrogen) atoms. The van der Waals surface area contributed by atoms with Gasteiger partial charge in [-0.1, -0.05) is 12.6 Å². The number of nitrogens with zero attached hydrogens (tertiary/aromatic N) is 6. The Bertz CT molecular complexity index is 1790. The molecule has 0 aliphatic carbocycles. The van der Waals surface area contributed by atoms with Gasteiger partial charge in [0.2, 0.25) is 11.9 Å². The van der Waals surface area contributed by atoms with Crippen LogP contribution in [0.15, 0.2) is 70.9 Å². The Labute approximate surface area is 249 Å². The predicted octanol–water partition coefficient (Wildman–Crippen LogP) is 3.37. The molecule has 1 aliphatic heterocycles. The maximum Gasteiger partial charge on any atom is 0.337 e. The van der Waals surface area contributed by atoms with Crippen molar-refractivity contribution in [1.29, 1.82) is 0 Å². The molecule has 4 aromatic rings. The molecule has 1 fully saturated rings. The highest BCUT2D eigenvalue weighted by Crippen LogP contribution is 2.33. The van der Waals surface area contributed by atoms with Crippen molar-refractivity contribution in [2.45, 2.75) is 32.4 Å². The van der Waals surface area contributed by atoms with Crippen LogP contribution in [0.1, 0.15) is 19.8 Å². The molecule has 5 rings (SSSR count). The zero-order chi connectivity index (χ0) is 30.7. The standard InChI is InChI=1S/C31H36N8O4/c1-6-27(40)33-20-9-8-10-23(17-20)39-28-24(29(41)38(7-2)31(39)42)19-32-30(35-28)34-25-12-11-22(18-26(25)43-5)37-15-13-21(14-16-37)36(3)4/h6,8-12,17-19,21H,1,7,13-16H2,2-5H3,(H,33,40)(H,32,34,35). The lowest BCUT2D eigenvalue weighted by Crippen LogP contribution is -2.41. The van der Waals surface area contributed by atoms with E-state index in [2.05, 4.69) is 51.1 Å². The molecule has 1 aliphatic rings. The lowest BCUT2D eigenvalue weighted by molar-refractivity contribution is -0.111. The Morgan fingerprint density at radius 1 is 1.14 bits per heavy atom. The van der Waals surface area contributed by atoms with E-state index in [0.717, 1.165) is 42.3 Å². The van der Waals surface area contributed by atoms with E-state index in [4.69, 9.17) is 4.74 Å². The first-order chi connectivity index (χ1) is 20.7. The molecule has 224 valence electrons. The highest BCUT2D eigenvalue weighted by molar-refractivity contribution is 5.99. The van der Waals surface area contributed by atoms with Gasteiger partial charge in [-0.05, 0) is 70.3 Å². The van der Waals surface area contributed by atoms with Crippen molar-refractivity contribution in [3.05, 3.63) is 82.2 Å². The molecule has 3 heterocycles. The summed E-state index contributed by atoms with van der Waals surface area (Å²) in [4.78, 5) is 52.3. The largest absolute Gasteiger partial charge is 0.494 e. The summed E-state index contributed by atoms with van der Waals surface area (Å²) in [5.41, 5.74) is 1.67. The number of rotatable bonds is 9. The molecule has 12 nitrogen and oxygen atoms in total. The molecule has 2 aromatic carbocycles. The van der Waals surface area contributed by atoms with Gasteiger partial charge >= 0.3 is 5.69 Å². The lowest BCUT2D eigenvalue weighted by Gasteiger charge is -2.36. The molecule has 1 saturated heterocycles. The quantitative estimate of drug-likeness (QED) is 0.285. The van der Waals surface area contributed by atoms with Gasteiger partial charge in [-0.3, -0.25) is 14.2 Å². The van der Waals surface area contributed by atoms with Gasteiger partial charge in [0.1, 0.15) is 11.1 Å². The summed E-state index contributed by atoms with van der Waals surface area (Å²) >= 11 is 0. The third kappa shape index (κ3) is 6.00. The number of methoxy groups -OCH3 is 1. The fourth-order valence-corrected chi connectivity index (χ4v) is 5.37. The van der Waals surface area contributed by atoms with Crippen molar-refractivity contribution in [2.75, 3.05) is 49.8 Å². The first-order valence-corrected chi connectivity index (χ1v) is 14.2. The number of ether oxygens (including phenoxy) is 1. The number of anilines is 4. The molecule has 0 radical (unpaired) electrons. The number of carbonyl (C=O) groups excluding carboxylic acids is 1. The molecule has 12 heteroatoms. The summed E-state index contributed by atoms with van der Waals surface area (Å²) in [5, 5.41) is 6.07. The summed E-state index contributed by atoms with van der Waals surface area (Å²) < 4.78 is 8.17. The Morgan fingerprint density at radius 3 is 2.58 bits per heavy atom. The van der Waals surface area contributed by atoms with E-state index in [1.165, 1.54) is 10.8 Å². The summed E-state index contributed by atoms with van der Waals surface area (Å²) in [5.74, 6) is 0.406. The van der Waals surface area contributed by atoms with E-state index in [0.29, 0.717) is 28.9 Å². The van der Waals surface area contributed by atoms with Gasteiger partial charge in [-0.25, -0.2) is 14.3 Å². The molecular formula is C31H36N8O4. The van der Waals surface area contributed by atoms with Crippen LogP contribution in [-0.4, -0.2) is 70.2 Å². The molecule has 0 unspecified atom stereocenters. The Hall–Kier alpha value is -4.97. The third-order valence-corrected chi connectivity index (χ3v) is 7.74. The molecule has 2 aromatic heterocycles. The Morgan fingerprint density at radius 2 is 1.91 bits per heavy atom. The van der Waals surface area contributed by atoms with Gasteiger partial charge in [0.15, 0.2) is 5.65 Å². The maximum absolute atomic E-state index is 13.6. The van der Waals surface area contributed by atoms with E-state index >= 15 is 0 Å². The second-order valence-electron chi connectivity index (χ2n) is 10.5. The van der Waals surface area contributed by atoms with Crippen LogP contribution in [0.4, 0.5) is 23.0 Å². The number of hydrogen-bond acceptors (Lipinski definition) is 9. The second-order valence-corrected chi connectivity index (χ2v) is 10.5. The highest BCUT2D eigenvalue weighted by atomic mass is 16.5. The minimum atomic E-state index is -0.559. The van der Waals surface area contributed by atoms with Crippen LogP contribution in [0.25, 0.3) is 16.7 Å². The van der Waals surface area contributed by atoms with Crippen LogP contribution in [0, 0.1) is 0 Å². The SMILES string of the molecule is C=CC(=O)Nc1cccc(-n2c(=O)n(CC)c(=O)c3cnc(Nc4ccc(N5CCC(N(C)C)CC5)cc4OC)nc32)c1. The maximum atomic E-state index is 13.6. The number of nitrogens with one attached hydrogen (secondary N) is 2. The molecular weight excluding hydrogens is 548 g/mol. The summed E-state index contributed by atoms with van der Waals surface area (Å²) in [6.07, 6.45) is 4.75. The first kappa shape index (κ1) is 29.5. The van der Waals surface area contributed by atoms with Crippen LogP contribution < -0.4 is 31.5 Å². The number of benzene rings is 2.